The van der Waals surface area contributed by atoms with Crippen LogP contribution in [-0.2, 0) is 0 Å². The molecule has 0 saturated carbocycles. The molecule has 1 atom stereocenters. The smallest absolute Gasteiger partial charge is 0.257 e. The largest absolute Gasteiger partial charge is 0.367 e. The lowest BCUT2D eigenvalue weighted by atomic mass is 9.88. The molecule has 5 nitrogen and oxygen atoms in total. The molecule has 0 fully saturated rings. The van der Waals surface area contributed by atoms with Gasteiger partial charge in [-0.1, -0.05) is 13.8 Å². The van der Waals surface area contributed by atoms with Crippen LogP contribution in [0.3, 0.4) is 0 Å². The number of aromatic amines is 1. The molecule has 0 aliphatic rings. The third-order valence-electron chi connectivity index (χ3n) is 3.17. The quantitative estimate of drug-likeness (QED) is 0.711. The van der Waals surface area contributed by atoms with Gasteiger partial charge < -0.3 is 16.0 Å². The lowest BCUT2D eigenvalue weighted by Crippen LogP contribution is -2.55. The Morgan fingerprint density at radius 3 is 2.71 bits per heavy atom. The third-order valence-corrected chi connectivity index (χ3v) is 3.17. The molecule has 0 bridgehead atoms. The van der Waals surface area contributed by atoms with E-state index in [-0.39, 0.29) is 16.9 Å². The van der Waals surface area contributed by atoms with Gasteiger partial charge in [0.1, 0.15) is 5.56 Å². The first-order chi connectivity index (χ1) is 7.90. The number of pyridine rings is 1. The lowest BCUT2D eigenvalue weighted by Gasteiger charge is -2.33. The van der Waals surface area contributed by atoms with Crippen LogP contribution in [0.25, 0.3) is 0 Å². The molecule has 0 aromatic carbocycles. The van der Waals surface area contributed by atoms with Gasteiger partial charge in [-0.25, -0.2) is 0 Å². The Balaban J connectivity index is 2.94. The van der Waals surface area contributed by atoms with E-state index in [1.165, 1.54) is 18.5 Å². The van der Waals surface area contributed by atoms with E-state index < -0.39 is 11.4 Å². The highest BCUT2D eigenvalue weighted by Gasteiger charge is 2.29. The monoisotopic (exact) mass is 237 g/mol. The molecular formula is C12H19N3O2. The number of nitrogens with two attached hydrogens (primary N) is 1. The summed E-state index contributed by atoms with van der Waals surface area (Å²) in [4.78, 5) is 26.2. The Hall–Kier alpha value is -1.62. The van der Waals surface area contributed by atoms with Gasteiger partial charge in [-0.3, -0.25) is 9.59 Å². The van der Waals surface area contributed by atoms with Crippen molar-refractivity contribution in [3.63, 3.8) is 0 Å². The van der Waals surface area contributed by atoms with Crippen molar-refractivity contribution in [3.8, 4) is 0 Å². The van der Waals surface area contributed by atoms with Crippen LogP contribution in [-0.4, -0.2) is 23.0 Å². The molecule has 1 rings (SSSR count). The minimum Gasteiger partial charge on any atom is -0.367 e. The summed E-state index contributed by atoms with van der Waals surface area (Å²) in [5.41, 5.74) is 4.96. The zero-order chi connectivity index (χ0) is 13.1. The van der Waals surface area contributed by atoms with Crippen molar-refractivity contribution >= 4 is 5.91 Å². The Morgan fingerprint density at radius 2 is 2.24 bits per heavy atom. The molecule has 0 radical (unpaired) electrons. The fourth-order valence-corrected chi connectivity index (χ4v) is 1.35. The molecule has 0 saturated heterocycles. The SMILES string of the molecule is CC(C)C(C)(CN)NC(=O)c1c[nH]ccc1=O. The molecular weight excluding hydrogens is 218 g/mol. The Morgan fingerprint density at radius 1 is 1.59 bits per heavy atom. The second-order valence-corrected chi connectivity index (χ2v) is 4.65. The number of H-pyrrole nitrogens is 1. The van der Waals surface area contributed by atoms with Crippen molar-refractivity contribution in [1.82, 2.24) is 10.3 Å². The van der Waals surface area contributed by atoms with Crippen LogP contribution in [0.2, 0.25) is 0 Å². The van der Waals surface area contributed by atoms with Crippen molar-refractivity contribution in [2.45, 2.75) is 26.3 Å². The summed E-state index contributed by atoms with van der Waals surface area (Å²) in [6.07, 6.45) is 2.89. The van der Waals surface area contributed by atoms with Crippen LogP contribution in [0.4, 0.5) is 0 Å². The number of rotatable bonds is 4. The standard InChI is InChI=1S/C12H19N3O2/c1-8(2)12(3,7-13)15-11(17)9-6-14-5-4-10(9)16/h4-6,8H,7,13H2,1-3H3,(H,14,16)(H,15,17). The second kappa shape index (κ2) is 5.14. The summed E-state index contributed by atoms with van der Waals surface area (Å²) in [7, 11) is 0. The lowest BCUT2D eigenvalue weighted by molar-refractivity contribution is 0.0881. The number of carbonyl (C=O) groups is 1. The van der Waals surface area contributed by atoms with E-state index in [1.807, 2.05) is 20.8 Å². The molecule has 4 N–H and O–H groups in total. The van der Waals surface area contributed by atoms with Crippen molar-refractivity contribution in [2.24, 2.45) is 11.7 Å². The summed E-state index contributed by atoms with van der Waals surface area (Å²) in [5, 5.41) is 2.82. The van der Waals surface area contributed by atoms with Gasteiger partial charge in [-0.2, -0.15) is 0 Å². The van der Waals surface area contributed by atoms with Gasteiger partial charge in [0.25, 0.3) is 5.91 Å². The fourth-order valence-electron chi connectivity index (χ4n) is 1.35. The van der Waals surface area contributed by atoms with Gasteiger partial charge in [0, 0.05) is 25.0 Å². The third kappa shape index (κ3) is 2.94. The molecule has 1 aromatic rings. The molecule has 17 heavy (non-hydrogen) atoms. The van der Waals surface area contributed by atoms with Crippen molar-refractivity contribution in [3.05, 3.63) is 34.2 Å². The molecule has 0 aliphatic carbocycles. The Kier molecular flexibility index (Phi) is 4.07. The number of aromatic nitrogens is 1. The van der Waals surface area contributed by atoms with Crippen molar-refractivity contribution in [1.29, 1.82) is 0 Å². The number of hydrogen-bond acceptors (Lipinski definition) is 3. The summed E-state index contributed by atoms with van der Waals surface area (Å²) in [6, 6.07) is 1.32. The number of amides is 1. The molecule has 1 amide bonds. The van der Waals surface area contributed by atoms with E-state index in [1.54, 1.807) is 0 Å². The molecule has 94 valence electrons. The summed E-state index contributed by atoms with van der Waals surface area (Å²) >= 11 is 0. The molecule has 0 aliphatic heterocycles. The number of hydrogen-bond donors (Lipinski definition) is 3. The van der Waals surface area contributed by atoms with E-state index in [9.17, 15) is 9.59 Å². The Labute approximate surface area is 100 Å². The van der Waals surface area contributed by atoms with E-state index in [0.717, 1.165) is 0 Å². The van der Waals surface area contributed by atoms with Gasteiger partial charge in [0.2, 0.25) is 0 Å². The van der Waals surface area contributed by atoms with Crippen molar-refractivity contribution in [2.75, 3.05) is 6.54 Å². The summed E-state index contributed by atoms with van der Waals surface area (Å²) < 4.78 is 0. The van der Waals surface area contributed by atoms with Crippen LogP contribution < -0.4 is 16.5 Å². The maximum atomic E-state index is 12.0. The average molecular weight is 237 g/mol. The molecule has 1 unspecified atom stereocenters. The van der Waals surface area contributed by atoms with E-state index in [0.29, 0.717) is 6.54 Å². The van der Waals surface area contributed by atoms with Gasteiger partial charge in [0.15, 0.2) is 5.43 Å². The highest BCUT2D eigenvalue weighted by Crippen LogP contribution is 2.15. The van der Waals surface area contributed by atoms with Gasteiger partial charge >= 0.3 is 0 Å². The molecule has 1 heterocycles. The maximum Gasteiger partial charge on any atom is 0.257 e. The van der Waals surface area contributed by atoms with Gasteiger partial charge in [-0.15, -0.1) is 0 Å². The normalized spacial score (nSPS) is 14.4. The zero-order valence-corrected chi connectivity index (χ0v) is 10.4. The molecule has 1 aromatic heterocycles. The summed E-state index contributed by atoms with van der Waals surface area (Å²) in [6.45, 7) is 6.14. The second-order valence-electron chi connectivity index (χ2n) is 4.65. The van der Waals surface area contributed by atoms with Crippen LogP contribution in [0.5, 0.6) is 0 Å². The average Bonchev–Trinajstić information content (AvgIpc) is 2.29. The first-order valence-electron chi connectivity index (χ1n) is 5.60. The van der Waals surface area contributed by atoms with Gasteiger partial charge in [0.05, 0.1) is 5.54 Å². The molecule has 5 heteroatoms. The zero-order valence-electron chi connectivity index (χ0n) is 10.4. The minimum atomic E-state index is -0.515. The predicted molar refractivity (Wildman–Crippen MR) is 66.8 cm³/mol. The van der Waals surface area contributed by atoms with Gasteiger partial charge in [-0.05, 0) is 12.8 Å². The topological polar surface area (TPSA) is 88.0 Å². The van der Waals surface area contributed by atoms with Crippen LogP contribution in [0.15, 0.2) is 23.3 Å². The predicted octanol–water partition coefficient (Wildman–Crippen LogP) is 0.478. The minimum absolute atomic E-state index is 0.104. The fraction of sp³-hybridized carbons (Fsp3) is 0.500. The van der Waals surface area contributed by atoms with Crippen LogP contribution >= 0.6 is 0 Å². The Bertz CT molecular complexity index is 453. The summed E-state index contributed by atoms with van der Waals surface area (Å²) in [5.74, 6) is -0.215. The maximum absolute atomic E-state index is 12.0. The van der Waals surface area contributed by atoms with E-state index in [2.05, 4.69) is 10.3 Å². The number of carbonyl (C=O) groups excluding carboxylic acids is 1. The first kappa shape index (κ1) is 13.4. The highest BCUT2D eigenvalue weighted by atomic mass is 16.2. The van der Waals surface area contributed by atoms with Crippen molar-refractivity contribution < 1.29 is 4.79 Å². The van der Waals surface area contributed by atoms with Crippen LogP contribution in [0.1, 0.15) is 31.1 Å². The number of nitrogens with one attached hydrogen (secondary N) is 2. The van der Waals surface area contributed by atoms with E-state index >= 15 is 0 Å². The van der Waals surface area contributed by atoms with Crippen LogP contribution in [0, 0.1) is 5.92 Å². The molecule has 0 spiro atoms. The highest BCUT2D eigenvalue weighted by molar-refractivity contribution is 5.94. The van der Waals surface area contributed by atoms with E-state index in [4.69, 9.17) is 5.73 Å². The first-order valence-corrected chi connectivity index (χ1v) is 5.60.